The summed E-state index contributed by atoms with van der Waals surface area (Å²) < 4.78 is 5.40. The highest BCUT2D eigenvalue weighted by Gasteiger charge is 2.50. The number of benzene rings is 2. The largest absolute Gasteiger partial charge is 0.456 e. The van der Waals surface area contributed by atoms with Gasteiger partial charge in [-0.25, -0.2) is 0 Å². The highest BCUT2D eigenvalue weighted by atomic mass is 16.5. The van der Waals surface area contributed by atoms with Crippen molar-refractivity contribution in [3.8, 4) is 0 Å². The van der Waals surface area contributed by atoms with Crippen molar-refractivity contribution >= 4 is 11.9 Å². The third-order valence-electron chi connectivity index (χ3n) is 7.96. The van der Waals surface area contributed by atoms with Gasteiger partial charge in [-0.3, -0.25) is 9.59 Å². The number of nitrogens with one attached hydrogen (secondary N) is 1. The van der Waals surface area contributed by atoms with Crippen LogP contribution < -0.4 is 5.32 Å². The lowest BCUT2D eigenvalue weighted by Crippen LogP contribution is -2.51. The summed E-state index contributed by atoms with van der Waals surface area (Å²) in [7, 11) is 0. The normalized spacial score (nSPS) is 28.0. The van der Waals surface area contributed by atoms with Crippen molar-refractivity contribution < 1.29 is 14.3 Å². The summed E-state index contributed by atoms with van der Waals surface area (Å²) in [5.74, 6) is 1.99. The van der Waals surface area contributed by atoms with E-state index in [1.807, 2.05) is 60.7 Å². The lowest BCUT2D eigenvalue weighted by atomic mass is 9.49. The maximum atomic E-state index is 12.6. The van der Waals surface area contributed by atoms with E-state index in [-0.39, 0.29) is 30.8 Å². The molecule has 4 bridgehead atoms. The van der Waals surface area contributed by atoms with Crippen molar-refractivity contribution in [3.05, 3.63) is 71.8 Å². The number of hydrogen-bond donors (Lipinski definition) is 1. The van der Waals surface area contributed by atoms with Crippen molar-refractivity contribution in [2.45, 2.75) is 50.9 Å². The number of amides is 1. The van der Waals surface area contributed by atoms with Gasteiger partial charge in [0.15, 0.2) is 6.61 Å². The van der Waals surface area contributed by atoms with E-state index in [9.17, 15) is 9.59 Å². The van der Waals surface area contributed by atoms with Crippen LogP contribution in [0.4, 0.5) is 0 Å². The minimum atomic E-state index is -0.340. The van der Waals surface area contributed by atoms with Crippen molar-refractivity contribution in [3.63, 3.8) is 0 Å². The van der Waals surface area contributed by atoms with E-state index in [0.717, 1.165) is 35.4 Å². The molecule has 0 saturated heterocycles. The van der Waals surface area contributed by atoms with Crippen molar-refractivity contribution in [2.24, 2.45) is 23.2 Å². The fraction of sp³-hybridized carbons (Fsp3) is 0.500. The van der Waals surface area contributed by atoms with E-state index >= 15 is 0 Å². The molecule has 4 fully saturated rings. The zero-order valence-electron chi connectivity index (χ0n) is 18.7. The van der Waals surface area contributed by atoms with Gasteiger partial charge in [0.2, 0.25) is 0 Å². The average Bonchev–Trinajstić information content (AvgIpc) is 2.80. The van der Waals surface area contributed by atoms with E-state index in [1.165, 1.54) is 38.5 Å². The zero-order chi connectivity index (χ0) is 22.0. The van der Waals surface area contributed by atoms with Crippen molar-refractivity contribution in [2.75, 3.05) is 13.2 Å². The van der Waals surface area contributed by atoms with Crippen LogP contribution in [0.5, 0.6) is 0 Å². The van der Waals surface area contributed by atoms with E-state index in [0.29, 0.717) is 5.41 Å². The highest BCUT2D eigenvalue weighted by Crippen LogP contribution is 2.59. The molecule has 0 radical (unpaired) electrons. The number of hydrogen-bond acceptors (Lipinski definition) is 3. The van der Waals surface area contributed by atoms with Crippen LogP contribution in [-0.4, -0.2) is 25.0 Å². The summed E-state index contributed by atoms with van der Waals surface area (Å²) in [5.41, 5.74) is 2.43. The Balaban J connectivity index is 1.13. The van der Waals surface area contributed by atoms with E-state index in [1.54, 1.807) is 0 Å². The van der Waals surface area contributed by atoms with Crippen LogP contribution in [0.15, 0.2) is 60.7 Å². The van der Waals surface area contributed by atoms with Gasteiger partial charge in [0, 0.05) is 12.5 Å². The lowest BCUT2D eigenvalue weighted by molar-refractivity contribution is -0.149. The molecule has 4 aliphatic rings. The summed E-state index contributed by atoms with van der Waals surface area (Å²) in [4.78, 5) is 25.1. The molecule has 0 spiro atoms. The Morgan fingerprint density at radius 3 is 1.84 bits per heavy atom. The Hall–Kier alpha value is -2.62. The first kappa shape index (κ1) is 21.2. The van der Waals surface area contributed by atoms with Gasteiger partial charge in [-0.05, 0) is 72.8 Å². The molecule has 168 valence electrons. The fourth-order valence-corrected chi connectivity index (χ4v) is 7.01. The van der Waals surface area contributed by atoms with Crippen LogP contribution in [0, 0.1) is 23.2 Å². The van der Waals surface area contributed by atoms with Gasteiger partial charge in [0.05, 0.1) is 6.42 Å². The minimum Gasteiger partial charge on any atom is -0.456 e. The van der Waals surface area contributed by atoms with Gasteiger partial charge in [-0.15, -0.1) is 0 Å². The first-order chi connectivity index (χ1) is 15.6. The molecule has 0 heterocycles. The van der Waals surface area contributed by atoms with Gasteiger partial charge in [-0.1, -0.05) is 60.7 Å². The second kappa shape index (κ2) is 9.09. The molecule has 4 aliphatic carbocycles. The Bertz CT molecular complexity index is 865. The maximum absolute atomic E-state index is 12.6. The maximum Gasteiger partial charge on any atom is 0.307 e. The molecule has 6 rings (SSSR count). The summed E-state index contributed by atoms with van der Waals surface area (Å²) in [6.07, 6.45) is 8.19. The van der Waals surface area contributed by atoms with E-state index in [4.69, 9.17) is 4.74 Å². The first-order valence-corrected chi connectivity index (χ1v) is 12.1. The third kappa shape index (κ3) is 4.74. The number of carbonyl (C=O) groups excluding carboxylic acids is 2. The number of esters is 1. The van der Waals surface area contributed by atoms with Gasteiger partial charge in [-0.2, -0.15) is 0 Å². The van der Waals surface area contributed by atoms with Crippen LogP contribution in [0.25, 0.3) is 0 Å². The molecule has 0 atom stereocenters. The second-order valence-corrected chi connectivity index (χ2v) is 10.4. The number of rotatable bonds is 8. The monoisotopic (exact) mass is 431 g/mol. The van der Waals surface area contributed by atoms with Crippen LogP contribution in [-0.2, 0) is 14.3 Å². The van der Waals surface area contributed by atoms with Gasteiger partial charge in [0.25, 0.3) is 5.91 Å². The summed E-state index contributed by atoms with van der Waals surface area (Å²) in [6.45, 7) is 0.547. The van der Waals surface area contributed by atoms with Crippen LogP contribution >= 0.6 is 0 Å². The quantitative estimate of drug-likeness (QED) is 0.593. The molecule has 0 aromatic heterocycles. The Morgan fingerprint density at radius 2 is 1.34 bits per heavy atom. The molecule has 4 saturated carbocycles. The molecular weight excluding hydrogens is 398 g/mol. The Morgan fingerprint density at radius 1 is 0.844 bits per heavy atom. The van der Waals surface area contributed by atoms with E-state index < -0.39 is 0 Å². The van der Waals surface area contributed by atoms with Gasteiger partial charge in [0.1, 0.15) is 0 Å². The molecule has 1 amide bonds. The predicted molar refractivity (Wildman–Crippen MR) is 124 cm³/mol. The molecule has 4 heteroatoms. The molecule has 0 unspecified atom stereocenters. The molecular formula is C28H33NO3. The van der Waals surface area contributed by atoms with Crippen LogP contribution in [0.1, 0.15) is 62.0 Å². The molecule has 4 nitrogen and oxygen atoms in total. The molecule has 1 N–H and O–H groups in total. The molecule has 2 aromatic rings. The average molecular weight is 432 g/mol. The SMILES string of the molecule is O=C(COC(=O)CC(c1ccccc1)c1ccccc1)NCC12CC3CC(CC(C3)C1)C2. The summed E-state index contributed by atoms with van der Waals surface area (Å²) >= 11 is 0. The van der Waals surface area contributed by atoms with Gasteiger partial charge < -0.3 is 10.1 Å². The second-order valence-electron chi connectivity index (χ2n) is 10.4. The zero-order valence-corrected chi connectivity index (χ0v) is 18.7. The smallest absolute Gasteiger partial charge is 0.307 e. The first-order valence-electron chi connectivity index (χ1n) is 12.1. The number of ether oxygens (including phenoxy) is 1. The van der Waals surface area contributed by atoms with Crippen molar-refractivity contribution in [1.29, 1.82) is 0 Å². The predicted octanol–water partition coefficient (Wildman–Crippen LogP) is 5.08. The summed E-state index contributed by atoms with van der Waals surface area (Å²) in [6, 6.07) is 20.0. The number of carbonyl (C=O) groups is 2. The third-order valence-corrected chi connectivity index (χ3v) is 7.96. The highest BCUT2D eigenvalue weighted by molar-refractivity contribution is 5.81. The molecule has 0 aliphatic heterocycles. The van der Waals surface area contributed by atoms with Crippen LogP contribution in [0.2, 0.25) is 0 Å². The van der Waals surface area contributed by atoms with E-state index in [2.05, 4.69) is 5.32 Å². The standard InChI is InChI=1S/C28H33NO3/c30-26(29-19-28-15-20-11-21(16-28)13-22(12-20)17-28)18-32-27(31)14-25(23-7-3-1-4-8-23)24-9-5-2-6-10-24/h1-10,20-22,25H,11-19H2,(H,29,30). The fourth-order valence-electron chi connectivity index (χ4n) is 7.01. The summed E-state index contributed by atoms with van der Waals surface area (Å²) in [5, 5.41) is 3.10. The minimum absolute atomic E-state index is 0.0833. The van der Waals surface area contributed by atoms with Crippen molar-refractivity contribution in [1.82, 2.24) is 5.32 Å². The van der Waals surface area contributed by atoms with Crippen LogP contribution in [0.3, 0.4) is 0 Å². The topological polar surface area (TPSA) is 55.4 Å². The Labute approximate surface area is 190 Å². The Kier molecular flexibility index (Phi) is 6.03. The lowest BCUT2D eigenvalue weighted by Gasteiger charge is -2.56. The molecule has 32 heavy (non-hydrogen) atoms. The van der Waals surface area contributed by atoms with Gasteiger partial charge >= 0.3 is 5.97 Å². The molecule has 2 aromatic carbocycles.